The molecule has 3 aliphatic heterocycles. The molecule has 4 amide bonds. The topological polar surface area (TPSA) is 90.2 Å². The Hall–Kier alpha value is -2.94. The average Bonchev–Trinajstić information content (AvgIpc) is 3.89. The smallest absolute Gasteiger partial charge is 0.320 e. The molecule has 4 heterocycles. The minimum absolute atomic E-state index is 0.0449. The van der Waals surface area contributed by atoms with Gasteiger partial charge < -0.3 is 19.2 Å². The van der Waals surface area contributed by atoms with Gasteiger partial charge in [0, 0.05) is 50.6 Å². The largest absolute Gasteiger partial charge is 0.356 e. The van der Waals surface area contributed by atoms with Gasteiger partial charge in [-0.15, -0.1) is 0 Å². The Morgan fingerprint density at radius 3 is 2.34 bits per heavy atom. The second-order valence-corrected chi connectivity index (χ2v) is 14.9. The number of carbonyl (C=O) groups excluding carboxylic acids is 3. The van der Waals surface area contributed by atoms with Crippen LogP contribution >= 0.6 is 0 Å². The van der Waals surface area contributed by atoms with Crippen molar-refractivity contribution in [2.45, 2.75) is 70.3 Å². The number of imide groups is 1. The van der Waals surface area contributed by atoms with Crippen LogP contribution in [0.4, 0.5) is 4.79 Å². The van der Waals surface area contributed by atoms with Crippen molar-refractivity contribution < 1.29 is 18.9 Å². The molecule has 6 fully saturated rings. The predicted molar refractivity (Wildman–Crippen MR) is 165 cm³/mol. The summed E-state index contributed by atoms with van der Waals surface area (Å²) in [7, 11) is 1.93. The first-order chi connectivity index (χ1) is 21.4. The Bertz CT molecular complexity index is 1430. The summed E-state index contributed by atoms with van der Waals surface area (Å²) in [4.78, 5) is 49.3. The van der Waals surface area contributed by atoms with E-state index >= 15 is 0 Å². The summed E-state index contributed by atoms with van der Waals surface area (Å²) < 4.78 is 5.59. The highest BCUT2D eigenvalue weighted by Gasteiger charge is 2.67. The summed E-state index contributed by atoms with van der Waals surface area (Å²) in [6.45, 7) is 7.59. The molecule has 44 heavy (non-hydrogen) atoms. The number of urea groups is 1. The minimum atomic E-state index is -0.242. The Balaban J connectivity index is 0.897. The lowest BCUT2D eigenvalue weighted by atomic mass is 9.72. The number of nitrogens with zero attached hydrogens (tertiary/aromatic N) is 5. The van der Waals surface area contributed by atoms with E-state index in [1.165, 1.54) is 12.8 Å². The number of hydrogen-bond acceptors (Lipinski definition) is 6. The molecule has 8 rings (SSSR count). The summed E-state index contributed by atoms with van der Waals surface area (Å²) in [5.74, 6) is 1.59. The zero-order valence-electron chi connectivity index (χ0n) is 26.3. The monoisotopic (exact) mass is 601 g/mol. The number of para-hydroxylation sites is 1. The summed E-state index contributed by atoms with van der Waals surface area (Å²) in [6.07, 6.45) is 8.64. The predicted octanol–water partition coefficient (Wildman–Crippen LogP) is 4.83. The first kappa shape index (κ1) is 28.5. The normalized spacial score (nSPS) is 35.9. The van der Waals surface area contributed by atoms with Gasteiger partial charge in [0.2, 0.25) is 11.8 Å². The van der Waals surface area contributed by atoms with E-state index < -0.39 is 0 Å². The van der Waals surface area contributed by atoms with E-state index in [4.69, 9.17) is 4.52 Å². The van der Waals surface area contributed by atoms with Crippen molar-refractivity contribution in [1.82, 2.24) is 24.8 Å². The molecular weight excluding hydrogens is 554 g/mol. The minimum Gasteiger partial charge on any atom is -0.356 e. The third-order valence-corrected chi connectivity index (χ3v) is 12.8. The van der Waals surface area contributed by atoms with Crippen molar-refractivity contribution in [3.8, 4) is 0 Å². The number of amides is 4. The van der Waals surface area contributed by atoms with Gasteiger partial charge in [-0.05, 0) is 99.8 Å². The first-order valence-electron chi connectivity index (χ1n) is 17.3. The lowest BCUT2D eigenvalue weighted by Crippen LogP contribution is -2.52. The van der Waals surface area contributed by atoms with E-state index in [0.717, 1.165) is 87.9 Å². The van der Waals surface area contributed by atoms with Crippen LogP contribution in [-0.2, 0) is 9.59 Å². The van der Waals surface area contributed by atoms with Crippen LogP contribution in [0.1, 0.15) is 69.9 Å². The number of aromatic nitrogens is 1. The molecule has 3 saturated heterocycles. The van der Waals surface area contributed by atoms with Crippen LogP contribution in [-0.4, -0.2) is 95.0 Å². The van der Waals surface area contributed by atoms with Gasteiger partial charge in [-0.2, -0.15) is 0 Å². The van der Waals surface area contributed by atoms with Gasteiger partial charge in [0.15, 0.2) is 5.58 Å². The van der Waals surface area contributed by atoms with E-state index in [-0.39, 0.29) is 53.5 Å². The Morgan fingerprint density at radius 1 is 0.909 bits per heavy atom. The standard InChI is InChI=1S/C35H47N5O4/c1-21-26-18-27(32(21)37(2)35(43)39-14-5-6-15-39)30-29(26)33(41)40(34(30)42)20-24-9-7-8-23(24)19-38-16-12-22(13-17-38)31-25-10-3-4-11-28(25)44-36-31/h3-4,10-11,21-24,26-27,29-30,32H,5-9,12-20H2,1-2H3/t21?,23-,24?,26?,27?,29?,30?,32?/m1/s1. The average molecular weight is 602 g/mol. The molecule has 9 heteroatoms. The molecule has 6 aliphatic rings. The van der Waals surface area contributed by atoms with Crippen molar-refractivity contribution >= 4 is 28.8 Å². The van der Waals surface area contributed by atoms with Crippen molar-refractivity contribution in [3.05, 3.63) is 30.0 Å². The summed E-state index contributed by atoms with van der Waals surface area (Å²) in [5.41, 5.74) is 1.97. The van der Waals surface area contributed by atoms with E-state index in [2.05, 4.69) is 29.1 Å². The van der Waals surface area contributed by atoms with Crippen LogP contribution in [0.15, 0.2) is 28.8 Å². The molecular formula is C35H47N5O4. The molecule has 2 aromatic rings. The van der Waals surface area contributed by atoms with Gasteiger partial charge in [-0.25, -0.2) is 4.79 Å². The molecule has 0 spiro atoms. The number of hydrogen-bond donors (Lipinski definition) is 0. The van der Waals surface area contributed by atoms with E-state index in [0.29, 0.717) is 24.3 Å². The molecule has 0 N–H and O–H groups in total. The fraction of sp³-hybridized carbons (Fsp3) is 0.714. The second-order valence-electron chi connectivity index (χ2n) is 14.9. The maximum Gasteiger partial charge on any atom is 0.320 e. The highest BCUT2D eigenvalue weighted by atomic mass is 16.5. The van der Waals surface area contributed by atoms with Crippen molar-refractivity contribution in [3.63, 3.8) is 0 Å². The van der Waals surface area contributed by atoms with Crippen LogP contribution in [0.25, 0.3) is 11.0 Å². The zero-order chi connectivity index (χ0) is 30.1. The van der Waals surface area contributed by atoms with Gasteiger partial charge in [0.05, 0.1) is 17.5 Å². The summed E-state index contributed by atoms with van der Waals surface area (Å²) in [6, 6.07) is 8.30. The Kier molecular flexibility index (Phi) is 7.22. The van der Waals surface area contributed by atoms with Crippen LogP contribution in [0.3, 0.4) is 0 Å². The lowest BCUT2D eigenvalue weighted by molar-refractivity contribution is -0.141. The fourth-order valence-corrected chi connectivity index (χ4v) is 10.6. The fourth-order valence-electron chi connectivity index (χ4n) is 10.6. The van der Waals surface area contributed by atoms with Crippen molar-refractivity contribution in [2.24, 2.45) is 41.4 Å². The maximum atomic E-state index is 14.0. The van der Waals surface area contributed by atoms with Gasteiger partial charge in [-0.1, -0.05) is 30.6 Å². The van der Waals surface area contributed by atoms with Gasteiger partial charge >= 0.3 is 6.03 Å². The molecule has 236 valence electrons. The molecule has 0 radical (unpaired) electrons. The highest BCUT2D eigenvalue weighted by Crippen LogP contribution is 2.60. The SMILES string of the molecule is CC1C2CC(C3C(=O)N(CC4CCC[C@@H]4CN4CCC(c5noc6ccccc56)CC4)C(=O)C23)C1N(C)C(=O)N1CCCC1. The number of rotatable bonds is 6. The molecule has 7 unspecified atom stereocenters. The summed E-state index contributed by atoms with van der Waals surface area (Å²) in [5, 5.41) is 5.57. The molecule has 8 atom stereocenters. The zero-order valence-corrected chi connectivity index (χ0v) is 26.3. The number of carbonyl (C=O) groups is 3. The van der Waals surface area contributed by atoms with Crippen molar-refractivity contribution in [1.29, 1.82) is 0 Å². The van der Waals surface area contributed by atoms with Crippen LogP contribution in [0.2, 0.25) is 0 Å². The number of fused-ring (bicyclic) bond motifs is 6. The molecule has 9 nitrogen and oxygen atoms in total. The molecule has 2 bridgehead atoms. The molecule has 1 aromatic heterocycles. The quantitative estimate of drug-likeness (QED) is 0.441. The first-order valence-corrected chi connectivity index (χ1v) is 17.3. The Morgan fingerprint density at radius 2 is 1.59 bits per heavy atom. The maximum absolute atomic E-state index is 14.0. The van der Waals surface area contributed by atoms with E-state index in [1.807, 2.05) is 29.0 Å². The van der Waals surface area contributed by atoms with E-state index in [1.54, 1.807) is 4.90 Å². The van der Waals surface area contributed by atoms with Crippen LogP contribution < -0.4 is 0 Å². The van der Waals surface area contributed by atoms with Gasteiger partial charge in [0.25, 0.3) is 0 Å². The number of likely N-dealkylation sites (tertiary alicyclic amines) is 3. The van der Waals surface area contributed by atoms with Gasteiger partial charge in [-0.3, -0.25) is 14.5 Å². The van der Waals surface area contributed by atoms with Crippen molar-refractivity contribution in [2.75, 3.05) is 46.3 Å². The molecule has 3 saturated carbocycles. The van der Waals surface area contributed by atoms with Crippen LogP contribution in [0.5, 0.6) is 0 Å². The molecule has 1 aromatic carbocycles. The number of benzene rings is 1. The van der Waals surface area contributed by atoms with Crippen LogP contribution in [0, 0.1) is 41.4 Å². The third-order valence-electron chi connectivity index (χ3n) is 12.8. The van der Waals surface area contributed by atoms with Gasteiger partial charge in [0.1, 0.15) is 0 Å². The third kappa shape index (κ3) is 4.51. The Labute approximate surface area is 260 Å². The lowest BCUT2D eigenvalue weighted by Gasteiger charge is -2.40. The van der Waals surface area contributed by atoms with E-state index in [9.17, 15) is 14.4 Å². The second kappa shape index (κ2) is 11.1. The summed E-state index contributed by atoms with van der Waals surface area (Å²) >= 11 is 0. The highest BCUT2D eigenvalue weighted by molar-refractivity contribution is 6.06. The number of piperidine rings is 1. The molecule has 3 aliphatic carbocycles.